The number of aryl methyl sites for hydroxylation is 1. The van der Waals surface area contributed by atoms with Crippen molar-refractivity contribution in [2.24, 2.45) is 0 Å². The van der Waals surface area contributed by atoms with Gasteiger partial charge in [0, 0.05) is 10.4 Å². The van der Waals surface area contributed by atoms with Crippen molar-refractivity contribution in [3.8, 4) is 11.3 Å². The number of carbonyl (C=O) groups is 1. The van der Waals surface area contributed by atoms with Gasteiger partial charge in [0.15, 0.2) is 5.76 Å². The van der Waals surface area contributed by atoms with E-state index in [9.17, 15) is 9.18 Å². The maximum Gasteiger partial charge on any atom is 0.257 e. The molecular formula is C16H13FN2O2S. The van der Waals surface area contributed by atoms with Gasteiger partial charge in [-0.15, -0.1) is 11.3 Å². The fourth-order valence-corrected chi connectivity index (χ4v) is 2.78. The highest BCUT2D eigenvalue weighted by atomic mass is 32.1. The predicted molar refractivity (Wildman–Crippen MR) is 82.1 cm³/mol. The number of nitrogens with zero attached hydrogens (tertiary/aromatic N) is 1. The molecule has 112 valence electrons. The number of halogens is 1. The highest BCUT2D eigenvalue weighted by molar-refractivity contribution is 7.09. The van der Waals surface area contributed by atoms with Crippen LogP contribution >= 0.6 is 11.3 Å². The van der Waals surface area contributed by atoms with E-state index >= 15 is 0 Å². The van der Waals surface area contributed by atoms with Crippen LogP contribution in [0.2, 0.25) is 0 Å². The van der Waals surface area contributed by atoms with E-state index < -0.39 is 5.82 Å². The normalized spacial score (nSPS) is 10.6. The number of hydrogen-bond donors (Lipinski definition) is 1. The summed E-state index contributed by atoms with van der Waals surface area (Å²) in [5, 5.41) is 8.61. The molecule has 3 rings (SSSR count). The highest BCUT2D eigenvalue weighted by Gasteiger charge is 2.21. The van der Waals surface area contributed by atoms with Crippen LogP contribution in [0.15, 0.2) is 46.3 Å². The SMILES string of the molecule is Cc1noc(-c2cccc(F)c2)c1C(=O)NCc1cccs1. The molecule has 0 aliphatic heterocycles. The van der Waals surface area contributed by atoms with E-state index in [-0.39, 0.29) is 11.7 Å². The number of rotatable bonds is 4. The molecule has 3 aromatic rings. The van der Waals surface area contributed by atoms with Crippen molar-refractivity contribution in [3.63, 3.8) is 0 Å². The molecule has 0 atom stereocenters. The summed E-state index contributed by atoms with van der Waals surface area (Å²) in [6.07, 6.45) is 0. The minimum atomic E-state index is -0.392. The Bertz CT molecular complexity index is 796. The van der Waals surface area contributed by atoms with Gasteiger partial charge in [-0.3, -0.25) is 4.79 Å². The minimum absolute atomic E-state index is 0.278. The third-order valence-electron chi connectivity index (χ3n) is 3.18. The molecule has 0 aliphatic rings. The summed E-state index contributed by atoms with van der Waals surface area (Å²) in [6.45, 7) is 2.12. The van der Waals surface area contributed by atoms with E-state index in [1.807, 2.05) is 17.5 Å². The van der Waals surface area contributed by atoms with E-state index in [4.69, 9.17) is 4.52 Å². The molecule has 2 aromatic heterocycles. The van der Waals surface area contributed by atoms with E-state index in [1.54, 1.807) is 30.4 Å². The van der Waals surface area contributed by atoms with Crippen LogP contribution in [0.4, 0.5) is 4.39 Å². The molecule has 6 heteroatoms. The minimum Gasteiger partial charge on any atom is -0.355 e. The number of benzene rings is 1. The summed E-state index contributed by atoms with van der Waals surface area (Å²) >= 11 is 1.57. The van der Waals surface area contributed by atoms with Gasteiger partial charge in [-0.05, 0) is 30.5 Å². The Hall–Kier alpha value is -2.47. The zero-order valence-corrected chi connectivity index (χ0v) is 12.6. The van der Waals surface area contributed by atoms with Crippen LogP contribution in [-0.4, -0.2) is 11.1 Å². The van der Waals surface area contributed by atoms with Crippen molar-refractivity contribution in [2.45, 2.75) is 13.5 Å². The van der Waals surface area contributed by atoms with Crippen LogP contribution < -0.4 is 5.32 Å². The van der Waals surface area contributed by atoms with Gasteiger partial charge < -0.3 is 9.84 Å². The van der Waals surface area contributed by atoms with Crippen LogP contribution in [0.25, 0.3) is 11.3 Å². The second-order valence-electron chi connectivity index (χ2n) is 4.74. The zero-order chi connectivity index (χ0) is 15.5. The van der Waals surface area contributed by atoms with Crippen molar-refractivity contribution < 1.29 is 13.7 Å². The van der Waals surface area contributed by atoms with Gasteiger partial charge in [-0.25, -0.2) is 4.39 Å². The van der Waals surface area contributed by atoms with Crippen molar-refractivity contribution in [1.29, 1.82) is 0 Å². The molecule has 0 radical (unpaired) electrons. The first-order valence-corrected chi connectivity index (χ1v) is 7.56. The number of amides is 1. The van der Waals surface area contributed by atoms with Crippen LogP contribution in [-0.2, 0) is 6.54 Å². The molecule has 0 spiro atoms. The van der Waals surface area contributed by atoms with Crippen molar-refractivity contribution in [1.82, 2.24) is 10.5 Å². The molecule has 0 fully saturated rings. The van der Waals surface area contributed by atoms with Crippen LogP contribution in [0.5, 0.6) is 0 Å². The molecule has 1 aromatic carbocycles. The monoisotopic (exact) mass is 316 g/mol. The lowest BCUT2D eigenvalue weighted by molar-refractivity contribution is 0.0951. The van der Waals surface area contributed by atoms with Gasteiger partial charge in [0.05, 0.1) is 12.2 Å². The van der Waals surface area contributed by atoms with Gasteiger partial charge in [0.2, 0.25) is 0 Å². The first kappa shape index (κ1) is 14.5. The molecule has 22 heavy (non-hydrogen) atoms. The fraction of sp³-hybridized carbons (Fsp3) is 0.125. The molecule has 2 heterocycles. The van der Waals surface area contributed by atoms with Gasteiger partial charge in [-0.1, -0.05) is 23.4 Å². The lowest BCUT2D eigenvalue weighted by Crippen LogP contribution is -2.23. The highest BCUT2D eigenvalue weighted by Crippen LogP contribution is 2.26. The van der Waals surface area contributed by atoms with Gasteiger partial charge in [-0.2, -0.15) is 0 Å². The van der Waals surface area contributed by atoms with Gasteiger partial charge in [0.25, 0.3) is 5.91 Å². The fourth-order valence-electron chi connectivity index (χ4n) is 2.13. The summed E-state index contributed by atoms with van der Waals surface area (Å²) in [5.41, 5.74) is 1.30. The van der Waals surface area contributed by atoms with Crippen molar-refractivity contribution in [2.75, 3.05) is 0 Å². The zero-order valence-electron chi connectivity index (χ0n) is 11.8. The smallest absolute Gasteiger partial charge is 0.257 e. The van der Waals surface area contributed by atoms with E-state index in [0.717, 1.165) is 4.88 Å². The Balaban J connectivity index is 1.87. The molecule has 0 aliphatic carbocycles. The maximum atomic E-state index is 13.4. The largest absolute Gasteiger partial charge is 0.355 e. The lowest BCUT2D eigenvalue weighted by atomic mass is 10.1. The molecular weight excluding hydrogens is 303 g/mol. The summed E-state index contributed by atoms with van der Waals surface area (Å²) in [4.78, 5) is 13.5. The first-order chi connectivity index (χ1) is 10.6. The molecule has 1 N–H and O–H groups in total. The number of thiophene rings is 1. The lowest BCUT2D eigenvalue weighted by Gasteiger charge is -2.04. The Morgan fingerprint density at radius 3 is 2.95 bits per heavy atom. The van der Waals surface area contributed by atoms with Crippen molar-refractivity contribution in [3.05, 3.63) is 63.7 Å². The van der Waals surface area contributed by atoms with E-state index in [0.29, 0.717) is 23.4 Å². The number of hydrogen-bond acceptors (Lipinski definition) is 4. The van der Waals surface area contributed by atoms with E-state index in [2.05, 4.69) is 10.5 Å². The molecule has 0 bridgehead atoms. The summed E-state index contributed by atoms with van der Waals surface area (Å²) in [6, 6.07) is 9.77. The summed E-state index contributed by atoms with van der Waals surface area (Å²) in [5.74, 6) is -0.399. The van der Waals surface area contributed by atoms with Crippen molar-refractivity contribution >= 4 is 17.2 Å². The molecule has 0 saturated heterocycles. The number of nitrogens with one attached hydrogen (secondary N) is 1. The number of aromatic nitrogens is 1. The van der Waals surface area contributed by atoms with Crippen LogP contribution in [0, 0.1) is 12.7 Å². The Morgan fingerprint density at radius 2 is 2.23 bits per heavy atom. The third-order valence-corrected chi connectivity index (χ3v) is 4.06. The maximum absolute atomic E-state index is 13.4. The third kappa shape index (κ3) is 2.92. The molecule has 0 unspecified atom stereocenters. The summed E-state index contributed by atoms with van der Waals surface area (Å²) in [7, 11) is 0. The second kappa shape index (κ2) is 6.11. The van der Waals surface area contributed by atoms with Crippen LogP contribution in [0.1, 0.15) is 20.9 Å². The number of carbonyl (C=O) groups excluding carboxylic acids is 1. The molecule has 4 nitrogen and oxygen atoms in total. The summed E-state index contributed by atoms with van der Waals surface area (Å²) < 4.78 is 18.6. The van der Waals surface area contributed by atoms with Gasteiger partial charge >= 0.3 is 0 Å². The van der Waals surface area contributed by atoms with E-state index in [1.165, 1.54) is 12.1 Å². The predicted octanol–water partition coefficient (Wildman–Crippen LogP) is 3.78. The quantitative estimate of drug-likeness (QED) is 0.797. The average molecular weight is 316 g/mol. The van der Waals surface area contributed by atoms with Gasteiger partial charge in [0.1, 0.15) is 11.4 Å². The standard InChI is InChI=1S/C16H13FN2O2S/c1-10-14(16(20)18-9-13-6-3-7-22-13)15(21-19-10)11-4-2-5-12(17)8-11/h2-8H,9H2,1H3,(H,18,20). The molecule has 1 amide bonds. The molecule has 0 saturated carbocycles. The Morgan fingerprint density at radius 1 is 1.36 bits per heavy atom. The Kier molecular flexibility index (Phi) is 4.02. The topological polar surface area (TPSA) is 55.1 Å². The first-order valence-electron chi connectivity index (χ1n) is 6.68. The van der Waals surface area contributed by atoms with Crippen LogP contribution in [0.3, 0.4) is 0 Å². The Labute approximate surface area is 130 Å². The average Bonchev–Trinajstić information content (AvgIpc) is 3.14. The second-order valence-corrected chi connectivity index (χ2v) is 5.78.